The standard InChI is InChI=1S/C24H27Cl2N3O2/c1-14-18(11-16(25)12-27-14)22(30)28-17-9-7-15(8-10-17)13-29-20-6-4-5-19(26)21(20)24(2,3)23(29)31/h4-6,11-12,15,17H,7-10,13H2,1-3H3,(H,28,30)/t15-,17-. The monoisotopic (exact) mass is 459 g/mol. The van der Waals surface area contributed by atoms with E-state index in [4.69, 9.17) is 23.2 Å². The van der Waals surface area contributed by atoms with Crippen LogP contribution in [0.1, 0.15) is 61.1 Å². The van der Waals surface area contributed by atoms with E-state index in [0.29, 0.717) is 33.8 Å². The Morgan fingerprint density at radius 3 is 2.65 bits per heavy atom. The molecule has 164 valence electrons. The summed E-state index contributed by atoms with van der Waals surface area (Å²) in [6, 6.07) is 7.52. The number of rotatable bonds is 4. The summed E-state index contributed by atoms with van der Waals surface area (Å²) in [5, 5.41) is 4.23. The molecule has 1 aliphatic heterocycles. The van der Waals surface area contributed by atoms with E-state index in [0.717, 1.165) is 36.9 Å². The molecule has 0 atom stereocenters. The second kappa shape index (κ2) is 8.44. The van der Waals surface area contributed by atoms with Gasteiger partial charge >= 0.3 is 0 Å². The average molecular weight is 460 g/mol. The number of benzene rings is 1. The Bertz CT molecular complexity index is 1030. The van der Waals surface area contributed by atoms with Gasteiger partial charge in [-0.25, -0.2) is 0 Å². The maximum absolute atomic E-state index is 13.1. The molecule has 1 aromatic heterocycles. The predicted molar refractivity (Wildman–Crippen MR) is 124 cm³/mol. The molecule has 1 saturated carbocycles. The van der Waals surface area contributed by atoms with E-state index < -0.39 is 5.41 Å². The van der Waals surface area contributed by atoms with Gasteiger partial charge in [0.2, 0.25) is 5.91 Å². The molecular formula is C24H27Cl2N3O2. The van der Waals surface area contributed by atoms with Crippen molar-refractivity contribution in [1.82, 2.24) is 10.3 Å². The van der Waals surface area contributed by atoms with E-state index >= 15 is 0 Å². The molecule has 0 radical (unpaired) electrons. The number of nitrogens with zero attached hydrogens (tertiary/aromatic N) is 2. The first-order valence-corrected chi connectivity index (χ1v) is 11.5. The molecule has 2 amide bonds. The number of aryl methyl sites for hydroxylation is 1. The molecule has 1 N–H and O–H groups in total. The Morgan fingerprint density at radius 2 is 1.94 bits per heavy atom. The molecule has 0 saturated heterocycles. The van der Waals surface area contributed by atoms with Crippen LogP contribution in [0.25, 0.3) is 0 Å². The van der Waals surface area contributed by atoms with Gasteiger partial charge in [0, 0.05) is 35.1 Å². The molecule has 2 aromatic rings. The van der Waals surface area contributed by atoms with Crippen LogP contribution >= 0.6 is 23.2 Å². The minimum atomic E-state index is -0.609. The number of hydrogen-bond donors (Lipinski definition) is 1. The zero-order chi connectivity index (χ0) is 22.3. The first kappa shape index (κ1) is 22.1. The summed E-state index contributed by atoms with van der Waals surface area (Å²) in [5.74, 6) is 0.373. The van der Waals surface area contributed by atoms with Gasteiger partial charge in [0.1, 0.15) is 0 Å². The number of carbonyl (C=O) groups excluding carboxylic acids is 2. The van der Waals surface area contributed by atoms with Gasteiger partial charge in [-0.2, -0.15) is 0 Å². The predicted octanol–water partition coefficient (Wildman–Crippen LogP) is 5.31. The van der Waals surface area contributed by atoms with Crippen LogP contribution in [-0.4, -0.2) is 29.4 Å². The Kier molecular flexibility index (Phi) is 6.01. The van der Waals surface area contributed by atoms with Gasteiger partial charge in [-0.1, -0.05) is 29.3 Å². The van der Waals surface area contributed by atoms with Crippen molar-refractivity contribution in [3.63, 3.8) is 0 Å². The minimum absolute atomic E-state index is 0.106. The first-order valence-electron chi connectivity index (χ1n) is 10.7. The number of pyridine rings is 1. The molecule has 5 nitrogen and oxygen atoms in total. The van der Waals surface area contributed by atoms with E-state index in [1.54, 1.807) is 19.2 Å². The van der Waals surface area contributed by atoms with Crippen LogP contribution in [0, 0.1) is 12.8 Å². The maximum Gasteiger partial charge on any atom is 0.253 e. The summed E-state index contributed by atoms with van der Waals surface area (Å²) in [6.07, 6.45) is 5.23. The molecule has 2 heterocycles. The molecular weight excluding hydrogens is 433 g/mol. The van der Waals surface area contributed by atoms with Crippen LogP contribution in [0.3, 0.4) is 0 Å². The van der Waals surface area contributed by atoms with Crippen molar-refractivity contribution < 1.29 is 9.59 Å². The number of nitrogens with one attached hydrogen (secondary N) is 1. The number of aromatic nitrogens is 1. The van der Waals surface area contributed by atoms with Gasteiger partial charge in [-0.3, -0.25) is 14.6 Å². The number of anilines is 1. The molecule has 1 aromatic carbocycles. The van der Waals surface area contributed by atoms with Gasteiger partial charge in [-0.15, -0.1) is 0 Å². The second-order valence-electron chi connectivity index (χ2n) is 9.15. The third-order valence-electron chi connectivity index (χ3n) is 6.61. The topological polar surface area (TPSA) is 62.3 Å². The van der Waals surface area contributed by atoms with E-state index in [2.05, 4.69) is 10.3 Å². The lowest BCUT2D eigenvalue weighted by atomic mass is 9.85. The largest absolute Gasteiger partial charge is 0.349 e. The Hall–Kier alpha value is -2.11. The van der Waals surface area contributed by atoms with Crippen LogP contribution in [0.5, 0.6) is 0 Å². The van der Waals surface area contributed by atoms with E-state index in [9.17, 15) is 9.59 Å². The minimum Gasteiger partial charge on any atom is -0.349 e. The highest BCUT2D eigenvalue weighted by molar-refractivity contribution is 6.33. The zero-order valence-electron chi connectivity index (χ0n) is 18.0. The molecule has 0 bridgehead atoms. The Morgan fingerprint density at radius 1 is 1.23 bits per heavy atom. The molecule has 4 rings (SSSR count). The van der Waals surface area contributed by atoms with Crippen molar-refractivity contribution in [2.75, 3.05) is 11.4 Å². The summed E-state index contributed by atoms with van der Waals surface area (Å²) >= 11 is 12.4. The summed E-state index contributed by atoms with van der Waals surface area (Å²) in [5.41, 5.74) is 2.44. The fourth-order valence-electron chi connectivity index (χ4n) is 4.84. The van der Waals surface area contributed by atoms with E-state index in [-0.39, 0.29) is 17.9 Å². The third kappa shape index (κ3) is 4.18. The molecule has 0 spiro atoms. The summed E-state index contributed by atoms with van der Waals surface area (Å²) in [7, 11) is 0. The molecule has 1 fully saturated rings. The quantitative estimate of drug-likeness (QED) is 0.673. The Balaban J connectivity index is 1.38. The van der Waals surface area contributed by atoms with Crippen molar-refractivity contribution >= 4 is 40.7 Å². The highest BCUT2D eigenvalue weighted by Gasteiger charge is 2.45. The maximum atomic E-state index is 13.1. The number of amides is 2. The van der Waals surface area contributed by atoms with Crippen LogP contribution in [0.4, 0.5) is 5.69 Å². The summed E-state index contributed by atoms with van der Waals surface area (Å²) < 4.78 is 0. The second-order valence-corrected chi connectivity index (χ2v) is 10.00. The number of fused-ring (bicyclic) bond motifs is 1. The molecule has 31 heavy (non-hydrogen) atoms. The van der Waals surface area contributed by atoms with Crippen LogP contribution in [-0.2, 0) is 10.2 Å². The molecule has 2 aliphatic rings. The number of hydrogen-bond acceptors (Lipinski definition) is 3. The smallest absolute Gasteiger partial charge is 0.253 e. The summed E-state index contributed by atoms with van der Waals surface area (Å²) in [4.78, 5) is 31.9. The summed E-state index contributed by atoms with van der Waals surface area (Å²) in [6.45, 7) is 6.38. The van der Waals surface area contributed by atoms with Crippen LogP contribution in [0.2, 0.25) is 10.0 Å². The molecule has 0 unspecified atom stereocenters. The van der Waals surface area contributed by atoms with E-state index in [1.165, 1.54) is 0 Å². The van der Waals surface area contributed by atoms with Crippen LogP contribution in [0.15, 0.2) is 30.5 Å². The van der Waals surface area contributed by atoms with Crippen molar-refractivity contribution in [2.24, 2.45) is 5.92 Å². The van der Waals surface area contributed by atoms with Crippen molar-refractivity contribution in [2.45, 2.75) is 57.9 Å². The average Bonchev–Trinajstić information content (AvgIpc) is 2.92. The zero-order valence-corrected chi connectivity index (χ0v) is 19.6. The van der Waals surface area contributed by atoms with Gasteiger partial charge in [-0.05, 0) is 70.6 Å². The van der Waals surface area contributed by atoms with Gasteiger partial charge in [0.25, 0.3) is 5.91 Å². The van der Waals surface area contributed by atoms with Gasteiger partial charge < -0.3 is 10.2 Å². The Labute approximate surface area is 193 Å². The van der Waals surface area contributed by atoms with Crippen molar-refractivity contribution in [3.05, 3.63) is 57.3 Å². The third-order valence-corrected chi connectivity index (χ3v) is 7.13. The number of halogens is 2. The lowest BCUT2D eigenvalue weighted by Crippen LogP contribution is -2.42. The molecule has 1 aliphatic carbocycles. The lowest BCUT2D eigenvalue weighted by molar-refractivity contribution is -0.122. The van der Waals surface area contributed by atoms with Gasteiger partial charge in [0.15, 0.2) is 0 Å². The molecule has 7 heteroatoms. The van der Waals surface area contributed by atoms with Crippen molar-refractivity contribution in [3.8, 4) is 0 Å². The highest BCUT2D eigenvalue weighted by atomic mass is 35.5. The highest BCUT2D eigenvalue weighted by Crippen LogP contribution is 2.46. The van der Waals surface area contributed by atoms with Crippen LogP contribution < -0.4 is 10.2 Å². The van der Waals surface area contributed by atoms with Gasteiger partial charge in [0.05, 0.1) is 21.7 Å². The van der Waals surface area contributed by atoms with Crippen molar-refractivity contribution in [1.29, 1.82) is 0 Å². The lowest BCUT2D eigenvalue weighted by Gasteiger charge is -2.32. The fraction of sp³-hybridized carbons (Fsp3) is 0.458. The number of carbonyl (C=O) groups is 2. The van der Waals surface area contributed by atoms with E-state index in [1.807, 2.05) is 36.9 Å². The fourth-order valence-corrected chi connectivity index (χ4v) is 5.40. The first-order chi connectivity index (χ1) is 14.7. The normalized spacial score (nSPS) is 22.4. The SMILES string of the molecule is Cc1ncc(Cl)cc1C(=O)N[C@H]1CC[C@H](CN2C(=O)C(C)(C)c3c(Cl)cccc32)CC1.